The number of rotatable bonds is 8. The Labute approximate surface area is 178 Å². The average molecular weight is 415 g/mol. The molecular weight excluding hydrogens is 384 g/mol. The van der Waals surface area contributed by atoms with Gasteiger partial charge in [0.25, 0.3) is 0 Å². The van der Waals surface area contributed by atoms with Gasteiger partial charge in [0, 0.05) is 44.0 Å². The van der Waals surface area contributed by atoms with E-state index in [0.717, 1.165) is 55.5 Å². The van der Waals surface area contributed by atoms with Crippen LogP contribution in [-0.4, -0.2) is 61.9 Å². The summed E-state index contributed by atoms with van der Waals surface area (Å²) >= 11 is 1.69. The van der Waals surface area contributed by atoms with Gasteiger partial charge in [-0.1, -0.05) is 29.8 Å². The predicted molar refractivity (Wildman–Crippen MR) is 119 cm³/mol. The lowest BCUT2D eigenvalue weighted by molar-refractivity contribution is -0.130. The van der Waals surface area contributed by atoms with E-state index in [1.807, 2.05) is 23.1 Å². The second-order valence-corrected chi connectivity index (χ2v) is 8.30. The summed E-state index contributed by atoms with van der Waals surface area (Å²) in [5.74, 6) is 3.36. The van der Waals surface area contributed by atoms with Crippen molar-refractivity contribution in [2.75, 3.05) is 46.2 Å². The fraction of sp³-hybridized carbons (Fsp3) is 0.435. The molecule has 2 aromatic rings. The third kappa shape index (κ3) is 6.15. The van der Waals surface area contributed by atoms with Crippen LogP contribution in [0.15, 0.2) is 42.5 Å². The Morgan fingerprint density at radius 3 is 2.38 bits per heavy atom. The SMILES string of the molecule is COc1ccc(OC)c(CN2CCN(C(=O)CSCc3ccc(C)cc3)CC2)c1. The van der Waals surface area contributed by atoms with Gasteiger partial charge in [-0.3, -0.25) is 9.69 Å². The zero-order valence-electron chi connectivity index (χ0n) is 17.5. The van der Waals surface area contributed by atoms with Crippen molar-refractivity contribution in [3.05, 3.63) is 59.2 Å². The van der Waals surface area contributed by atoms with Crippen molar-refractivity contribution in [3.8, 4) is 11.5 Å². The van der Waals surface area contributed by atoms with Gasteiger partial charge in [-0.15, -0.1) is 11.8 Å². The van der Waals surface area contributed by atoms with Crippen molar-refractivity contribution in [1.82, 2.24) is 9.80 Å². The lowest BCUT2D eigenvalue weighted by Crippen LogP contribution is -2.48. The van der Waals surface area contributed by atoms with Gasteiger partial charge < -0.3 is 14.4 Å². The molecule has 3 rings (SSSR count). The minimum Gasteiger partial charge on any atom is -0.497 e. The van der Waals surface area contributed by atoms with E-state index in [9.17, 15) is 4.79 Å². The number of hydrogen-bond donors (Lipinski definition) is 0. The van der Waals surface area contributed by atoms with Crippen molar-refractivity contribution in [1.29, 1.82) is 0 Å². The number of methoxy groups -OCH3 is 2. The number of hydrogen-bond acceptors (Lipinski definition) is 5. The molecule has 1 saturated heterocycles. The number of ether oxygens (including phenoxy) is 2. The first-order valence-electron chi connectivity index (χ1n) is 9.93. The van der Waals surface area contributed by atoms with Crippen LogP contribution in [-0.2, 0) is 17.1 Å². The maximum absolute atomic E-state index is 12.5. The third-order valence-electron chi connectivity index (χ3n) is 5.22. The molecule has 6 heteroatoms. The number of carbonyl (C=O) groups is 1. The van der Waals surface area contributed by atoms with E-state index >= 15 is 0 Å². The van der Waals surface area contributed by atoms with E-state index in [4.69, 9.17) is 9.47 Å². The Bertz CT molecular complexity index is 802. The van der Waals surface area contributed by atoms with Crippen LogP contribution in [0.4, 0.5) is 0 Å². The highest BCUT2D eigenvalue weighted by Crippen LogP contribution is 2.25. The zero-order valence-corrected chi connectivity index (χ0v) is 18.3. The summed E-state index contributed by atoms with van der Waals surface area (Å²) in [5, 5.41) is 0. The van der Waals surface area contributed by atoms with E-state index in [1.165, 1.54) is 11.1 Å². The van der Waals surface area contributed by atoms with Crippen molar-refractivity contribution in [3.63, 3.8) is 0 Å². The lowest BCUT2D eigenvalue weighted by atomic mass is 10.1. The molecule has 1 heterocycles. The first kappa shape index (κ1) is 21.5. The minimum absolute atomic E-state index is 0.237. The number of benzene rings is 2. The smallest absolute Gasteiger partial charge is 0.232 e. The first-order valence-corrected chi connectivity index (χ1v) is 11.1. The van der Waals surface area contributed by atoms with Crippen molar-refractivity contribution in [2.24, 2.45) is 0 Å². The maximum atomic E-state index is 12.5. The molecule has 0 saturated carbocycles. The largest absolute Gasteiger partial charge is 0.497 e. The zero-order chi connectivity index (χ0) is 20.6. The molecular formula is C23H30N2O3S. The Morgan fingerprint density at radius 2 is 1.72 bits per heavy atom. The summed E-state index contributed by atoms with van der Waals surface area (Å²) in [6.45, 7) is 6.17. The van der Waals surface area contributed by atoms with Crippen molar-refractivity contribution < 1.29 is 14.3 Å². The molecule has 0 bridgehead atoms. The summed E-state index contributed by atoms with van der Waals surface area (Å²) in [5.41, 5.74) is 3.64. The number of nitrogens with zero attached hydrogens (tertiary/aromatic N) is 2. The monoisotopic (exact) mass is 414 g/mol. The Morgan fingerprint density at radius 1 is 1.00 bits per heavy atom. The van der Waals surface area contributed by atoms with Gasteiger partial charge in [-0.05, 0) is 30.7 Å². The summed E-state index contributed by atoms with van der Waals surface area (Å²) in [6.07, 6.45) is 0. The molecule has 156 valence electrons. The summed E-state index contributed by atoms with van der Waals surface area (Å²) in [4.78, 5) is 16.9. The number of piperazine rings is 1. The second kappa shape index (κ2) is 10.6. The second-order valence-electron chi connectivity index (χ2n) is 7.31. The van der Waals surface area contributed by atoms with Gasteiger partial charge in [-0.25, -0.2) is 0 Å². The van der Waals surface area contributed by atoms with Crippen LogP contribution in [0, 0.1) is 6.92 Å². The Kier molecular flexibility index (Phi) is 7.83. The molecule has 1 aliphatic rings. The van der Waals surface area contributed by atoms with Crippen LogP contribution in [0.1, 0.15) is 16.7 Å². The number of amides is 1. The molecule has 0 spiro atoms. The molecule has 1 fully saturated rings. The van der Waals surface area contributed by atoms with E-state index < -0.39 is 0 Å². The van der Waals surface area contributed by atoms with E-state index in [0.29, 0.717) is 5.75 Å². The van der Waals surface area contributed by atoms with Crippen molar-refractivity contribution in [2.45, 2.75) is 19.2 Å². The highest BCUT2D eigenvalue weighted by molar-refractivity contribution is 7.99. The van der Waals surface area contributed by atoms with Crippen LogP contribution in [0.2, 0.25) is 0 Å². The fourth-order valence-corrected chi connectivity index (χ4v) is 4.32. The minimum atomic E-state index is 0.237. The molecule has 1 aliphatic heterocycles. The van der Waals surface area contributed by atoms with Gasteiger partial charge in [0.05, 0.1) is 20.0 Å². The predicted octanol–water partition coefficient (Wildman–Crippen LogP) is 3.59. The Balaban J connectivity index is 1.44. The molecule has 0 aromatic heterocycles. The molecule has 0 radical (unpaired) electrons. The third-order valence-corrected chi connectivity index (χ3v) is 6.21. The normalized spacial score (nSPS) is 14.7. The molecule has 1 amide bonds. The van der Waals surface area contributed by atoms with Crippen LogP contribution in [0.25, 0.3) is 0 Å². The van der Waals surface area contributed by atoms with E-state index in [-0.39, 0.29) is 5.91 Å². The number of thioether (sulfide) groups is 1. The van der Waals surface area contributed by atoms with Gasteiger partial charge in [0.2, 0.25) is 5.91 Å². The lowest BCUT2D eigenvalue weighted by Gasteiger charge is -2.35. The van der Waals surface area contributed by atoms with Crippen LogP contribution in [0.5, 0.6) is 11.5 Å². The van der Waals surface area contributed by atoms with E-state index in [2.05, 4.69) is 36.1 Å². The topological polar surface area (TPSA) is 42.0 Å². The summed E-state index contributed by atoms with van der Waals surface area (Å²) in [7, 11) is 3.36. The van der Waals surface area contributed by atoms with Crippen LogP contribution < -0.4 is 9.47 Å². The molecule has 0 unspecified atom stereocenters. The highest BCUT2D eigenvalue weighted by atomic mass is 32.2. The molecule has 5 nitrogen and oxygen atoms in total. The van der Waals surface area contributed by atoms with E-state index in [1.54, 1.807) is 26.0 Å². The maximum Gasteiger partial charge on any atom is 0.232 e. The van der Waals surface area contributed by atoms with Gasteiger partial charge in [0.1, 0.15) is 11.5 Å². The van der Waals surface area contributed by atoms with Gasteiger partial charge in [-0.2, -0.15) is 0 Å². The number of carbonyl (C=O) groups excluding carboxylic acids is 1. The van der Waals surface area contributed by atoms with Crippen LogP contribution in [0.3, 0.4) is 0 Å². The fourth-order valence-electron chi connectivity index (χ4n) is 3.43. The van der Waals surface area contributed by atoms with Crippen LogP contribution >= 0.6 is 11.8 Å². The van der Waals surface area contributed by atoms with Crippen molar-refractivity contribution >= 4 is 17.7 Å². The Hall–Kier alpha value is -2.18. The first-order chi connectivity index (χ1) is 14.1. The standard InChI is InChI=1S/C23H30N2O3S/c1-18-4-6-19(7-5-18)16-29-17-23(26)25-12-10-24(11-13-25)15-20-14-21(27-2)8-9-22(20)28-3/h4-9,14H,10-13,15-17H2,1-3H3. The quantitative estimate of drug-likeness (QED) is 0.660. The highest BCUT2D eigenvalue weighted by Gasteiger charge is 2.22. The van der Waals surface area contributed by atoms with Gasteiger partial charge >= 0.3 is 0 Å². The summed E-state index contributed by atoms with van der Waals surface area (Å²) in [6, 6.07) is 14.4. The van der Waals surface area contributed by atoms with Gasteiger partial charge in [0.15, 0.2) is 0 Å². The molecule has 0 aliphatic carbocycles. The molecule has 0 N–H and O–H groups in total. The average Bonchev–Trinajstić information content (AvgIpc) is 2.75. The molecule has 2 aromatic carbocycles. The molecule has 0 atom stereocenters. The number of aryl methyl sites for hydroxylation is 1. The molecule has 29 heavy (non-hydrogen) atoms. The summed E-state index contributed by atoms with van der Waals surface area (Å²) < 4.78 is 10.8.